The van der Waals surface area contributed by atoms with Crippen molar-refractivity contribution in [2.45, 2.75) is 32.7 Å². The van der Waals surface area contributed by atoms with Gasteiger partial charge in [-0.3, -0.25) is 4.90 Å². The molecule has 1 aromatic rings. The lowest BCUT2D eigenvalue weighted by molar-refractivity contribution is 0.157. The van der Waals surface area contributed by atoms with E-state index in [2.05, 4.69) is 30.1 Å². The third-order valence-electron chi connectivity index (χ3n) is 3.91. The molecule has 0 bridgehead atoms. The third kappa shape index (κ3) is 6.03. The summed E-state index contributed by atoms with van der Waals surface area (Å²) in [5, 5.41) is 13.5. The number of nitrogens with one attached hydrogen (secondary N) is 1. The van der Waals surface area contributed by atoms with E-state index in [1.165, 1.54) is 6.42 Å². The fourth-order valence-electron chi connectivity index (χ4n) is 2.79. The number of para-hydroxylation sites is 1. The average Bonchev–Trinajstić information content (AvgIpc) is 2.42. The van der Waals surface area contributed by atoms with Crippen LogP contribution in [0.15, 0.2) is 24.3 Å². The molecule has 1 aromatic carbocycles. The van der Waals surface area contributed by atoms with Crippen molar-refractivity contribution in [3.63, 3.8) is 0 Å². The summed E-state index contributed by atoms with van der Waals surface area (Å²) in [4.78, 5) is 2.51. The Morgan fingerprint density at radius 1 is 1.10 bits per heavy atom. The maximum Gasteiger partial charge on any atom is 0.120 e. The Bertz CT molecular complexity index is 396. The van der Waals surface area contributed by atoms with E-state index < -0.39 is 0 Å². The Labute approximate surface area is 140 Å². The molecule has 0 spiro atoms. The second kappa shape index (κ2) is 10.3. The minimum Gasteiger partial charge on any atom is -0.508 e. The normalized spacial score (nSPS) is 16.9. The van der Waals surface area contributed by atoms with Gasteiger partial charge in [0, 0.05) is 37.8 Å². The first kappa shape index (κ1) is 20.5. The molecule has 0 radical (unpaired) electrons. The van der Waals surface area contributed by atoms with Gasteiger partial charge in [0.1, 0.15) is 5.75 Å². The number of hydrogen-bond acceptors (Lipinski definition) is 3. The van der Waals surface area contributed by atoms with Crippen LogP contribution in [0.1, 0.15) is 38.3 Å². The molecule has 2 rings (SSSR count). The predicted molar refractivity (Wildman–Crippen MR) is 93.9 cm³/mol. The summed E-state index contributed by atoms with van der Waals surface area (Å²) in [7, 11) is 0. The van der Waals surface area contributed by atoms with E-state index in [9.17, 15) is 5.11 Å². The average molecular weight is 335 g/mol. The molecule has 21 heavy (non-hydrogen) atoms. The second-order valence-corrected chi connectivity index (χ2v) is 5.83. The SMILES string of the molecule is CC(C)CC[C@@H](c1ccccc1O)N1CCNCC1.Cl.Cl. The number of nitrogens with zero attached hydrogens (tertiary/aromatic N) is 1. The summed E-state index contributed by atoms with van der Waals surface area (Å²) >= 11 is 0. The number of rotatable bonds is 5. The van der Waals surface area contributed by atoms with E-state index in [0.29, 0.717) is 17.7 Å². The molecule has 1 saturated heterocycles. The Hall–Kier alpha value is -0.480. The van der Waals surface area contributed by atoms with Crippen LogP contribution in [0, 0.1) is 5.92 Å². The molecule has 0 amide bonds. The summed E-state index contributed by atoms with van der Waals surface area (Å²) in [6.45, 7) is 8.76. The molecular weight excluding hydrogens is 307 g/mol. The van der Waals surface area contributed by atoms with Crippen LogP contribution in [0.2, 0.25) is 0 Å². The standard InChI is InChI=1S/C16H26N2O.2ClH/c1-13(2)7-8-15(18-11-9-17-10-12-18)14-5-3-4-6-16(14)19;;/h3-6,13,15,17,19H,7-12H2,1-2H3;2*1H/t15-;;/m0../s1. The summed E-state index contributed by atoms with van der Waals surface area (Å²) in [5.74, 6) is 1.14. The van der Waals surface area contributed by atoms with Crippen molar-refractivity contribution in [2.75, 3.05) is 26.2 Å². The van der Waals surface area contributed by atoms with Crippen LogP contribution < -0.4 is 5.32 Å². The summed E-state index contributed by atoms with van der Waals surface area (Å²) < 4.78 is 0. The highest BCUT2D eigenvalue weighted by molar-refractivity contribution is 5.85. The van der Waals surface area contributed by atoms with Crippen molar-refractivity contribution >= 4 is 24.8 Å². The van der Waals surface area contributed by atoms with Gasteiger partial charge in [0.15, 0.2) is 0 Å². The van der Waals surface area contributed by atoms with Crippen LogP contribution in [0.25, 0.3) is 0 Å². The van der Waals surface area contributed by atoms with Gasteiger partial charge in [-0.15, -0.1) is 24.8 Å². The van der Waals surface area contributed by atoms with Crippen LogP contribution in [0.4, 0.5) is 0 Å². The number of aromatic hydroxyl groups is 1. The monoisotopic (exact) mass is 334 g/mol. The molecule has 0 saturated carbocycles. The first-order valence-electron chi connectivity index (χ1n) is 7.41. The maximum atomic E-state index is 10.1. The Kier molecular flexibility index (Phi) is 10.0. The lowest BCUT2D eigenvalue weighted by Crippen LogP contribution is -2.45. The minimum atomic E-state index is 0. The Balaban J connectivity index is 0.00000200. The first-order valence-corrected chi connectivity index (χ1v) is 7.41. The molecule has 0 aliphatic carbocycles. The highest BCUT2D eigenvalue weighted by atomic mass is 35.5. The smallest absolute Gasteiger partial charge is 0.120 e. The highest BCUT2D eigenvalue weighted by Crippen LogP contribution is 2.33. The first-order chi connectivity index (χ1) is 9.18. The molecule has 1 aliphatic heterocycles. The summed E-state index contributed by atoms with van der Waals surface area (Å²) in [5.41, 5.74) is 1.09. The van der Waals surface area contributed by atoms with Gasteiger partial charge in [0.25, 0.3) is 0 Å². The second-order valence-electron chi connectivity index (χ2n) is 5.83. The van der Waals surface area contributed by atoms with Crippen molar-refractivity contribution in [3.8, 4) is 5.75 Å². The van der Waals surface area contributed by atoms with Gasteiger partial charge in [0.2, 0.25) is 0 Å². The fourth-order valence-corrected chi connectivity index (χ4v) is 2.79. The summed E-state index contributed by atoms with van der Waals surface area (Å²) in [6.07, 6.45) is 2.32. The topological polar surface area (TPSA) is 35.5 Å². The number of phenols is 1. The van der Waals surface area contributed by atoms with E-state index in [0.717, 1.165) is 38.2 Å². The van der Waals surface area contributed by atoms with Crippen molar-refractivity contribution in [1.29, 1.82) is 0 Å². The van der Waals surface area contributed by atoms with Crippen molar-refractivity contribution in [3.05, 3.63) is 29.8 Å². The van der Waals surface area contributed by atoms with E-state index in [1.807, 2.05) is 12.1 Å². The molecule has 1 aliphatic rings. The van der Waals surface area contributed by atoms with Crippen LogP contribution >= 0.6 is 24.8 Å². The Morgan fingerprint density at radius 2 is 1.71 bits per heavy atom. The molecule has 0 aromatic heterocycles. The number of halogens is 2. The molecule has 1 heterocycles. The third-order valence-corrected chi connectivity index (χ3v) is 3.91. The molecular formula is C16H28Cl2N2O. The zero-order chi connectivity index (χ0) is 13.7. The van der Waals surface area contributed by atoms with Gasteiger partial charge < -0.3 is 10.4 Å². The van der Waals surface area contributed by atoms with Gasteiger partial charge in [-0.25, -0.2) is 0 Å². The zero-order valence-corrected chi connectivity index (χ0v) is 14.6. The van der Waals surface area contributed by atoms with E-state index in [4.69, 9.17) is 0 Å². The van der Waals surface area contributed by atoms with Crippen LogP contribution in [-0.2, 0) is 0 Å². The molecule has 3 nitrogen and oxygen atoms in total. The van der Waals surface area contributed by atoms with Gasteiger partial charge in [-0.2, -0.15) is 0 Å². The number of piperazine rings is 1. The maximum absolute atomic E-state index is 10.1. The van der Waals surface area contributed by atoms with Crippen molar-refractivity contribution in [2.24, 2.45) is 5.92 Å². The number of hydrogen-bond donors (Lipinski definition) is 2. The zero-order valence-electron chi connectivity index (χ0n) is 12.9. The molecule has 5 heteroatoms. The van der Waals surface area contributed by atoms with Crippen LogP contribution in [0.5, 0.6) is 5.75 Å². The Morgan fingerprint density at radius 3 is 2.29 bits per heavy atom. The molecule has 2 N–H and O–H groups in total. The predicted octanol–water partition coefficient (Wildman–Crippen LogP) is 3.62. The molecule has 1 atom stereocenters. The number of phenolic OH excluding ortho intramolecular Hbond substituents is 1. The quantitative estimate of drug-likeness (QED) is 0.863. The van der Waals surface area contributed by atoms with Gasteiger partial charge in [0.05, 0.1) is 0 Å². The highest BCUT2D eigenvalue weighted by Gasteiger charge is 2.24. The van der Waals surface area contributed by atoms with Crippen LogP contribution in [0.3, 0.4) is 0 Å². The van der Waals surface area contributed by atoms with E-state index >= 15 is 0 Å². The largest absolute Gasteiger partial charge is 0.508 e. The molecule has 0 unspecified atom stereocenters. The molecule has 1 fully saturated rings. The molecule has 122 valence electrons. The van der Waals surface area contributed by atoms with Gasteiger partial charge in [-0.1, -0.05) is 32.0 Å². The minimum absolute atomic E-state index is 0. The number of benzene rings is 1. The lowest BCUT2D eigenvalue weighted by Gasteiger charge is -2.36. The van der Waals surface area contributed by atoms with Crippen molar-refractivity contribution in [1.82, 2.24) is 10.2 Å². The van der Waals surface area contributed by atoms with E-state index in [-0.39, 0.29) is 24.8 Å². The van der Waals surface area contributed by atoms with Gasteiger partial charge >= 0.3 is 0 Å². The van der Waals surface area contributed by atoms with Crippen LogP contribution in [-0.4, -0.2) is 36.2 Å². The fraction of sp³-hybridized carbons (Fsp3) is 0.625. The lowest BCUT2D eigenvalue weighted by atomic mass is 9.95. The van der Waals surface area contributed by atoms with Gasteiger partial charge in [-0.05, 0) is 24.8 Å². The summed E-state index contributed by atoms with van der Waals surface area (Å²) in [6, 6.07) is 8.16. The van der Waals surface area contributed by atoms with E-state index in [1.54, 1.807) is 6.07 Å². The van der Waals surface area contributed by atoms with Crippen molar-refractivity contribution < 1.29 is 5.11 Å².